The summed E-state index contributed by atoms with van der Waals surface area (Å²) in [5.74, 6) is 1.52. The lowest BCUT2D eigenvalue weighted by molar-refractivity contribution is 0.194. The smallest absolute Gasteiger partial charge is 0.323 e. The zero-order chi connectivity index (χ0) is 27.8. The number of hydrogen-bond donors (Lipinski definition) is 1. The number of aromatic nitrogens is 3. The Bertz CT molecular complexity index is 1690. The molecule has 1 atom stereocenters. The highest BCUT2D eigenvalue weighted by atomic mass is 19.1. The second kappa shape index (κ2) is 10.3. The molecule has 2 aromatic heterocycles. The van der Waals surface area contributed by atoms with Gasteiger partial charge in [0, 0.05) is 17.8 Å². The number of halogens is 1. The van der Waals surface area contributed by atoms with Crippen LogP contribution in [0.5, 0.6) is 11.5 Å². The molecule has 0 aliphatic carbocycles. The normalized spacial score (nSPS) is 14.2. The van der Waals surface area contributed by atoms with Crippen molar-refractivity contribution in [1.29, 1.82) is 0 Å². The van der Waals surface area contributed by atoms with Crippen molar-refractivity contribution in [2.24, 2.45) is 0 Å². The Morgan fingerprint density at radius 2 is 1.80 bits per heavy atom. The number of fused-ring (bicyclic) bond motifs is 3. The molecule has 9 heteroatoms. The van der Waals surface area contributed by atoms with Crippen LogP contribution in [0.1, 0.15) is 28.6 Å². The number of carbonyl (C=O) groups is 1. The zero-order valence-electron chi connectivity index (χ0n) is 22.3. The number of ether oxygens (including phenoxy) is 2. The Labute approximate surface area is 231 Å². The first-order valence-electron chi connectivity index (χ1n) is 12.8. The van der Waals surface area contributed by atoms with Gasteiger partial charge in [0.15, 0.2) is 0 Å². The van der Waals surface area contributed by atoms with E-state index in [1.54, 1.807) is 43.4 Å². The quantitative estimate of drug-likeness (QED) is 0.287. The molecule has 3 heterocycles. The largest absolute Gasteiger partial charge is 0.497 e. The van der Waals surface area contributed by atoms with Gasteiger partial charge in [-0.1, -0.05) is 30.3 Å². The molecule has 8 nitrogen and oxygen atoms in total. The number of hydrogen-bond acceptors (Lipinski definition) is 4. The Balaban J connectivity index is 1.53. The van der Waals surface area contributed by atoms with Gasteiger partial charge in [0.25, 0.3) is 0 Å². The van der Waals surface area contributed by atoms with Gasteiger partial charge in [-0.05, 0) is 61.0 Å². The zero-order valence-corrected chi connectivity index (χ0v) is 22.3. The van der Waals surface area contributed by atoms with Gasteiger partial charge in [0.05, 0.1) is 49.6 Å². The molecule has 0 spiro atoms. The third-order valence-electron chi connectivity index (χ3n) is 7.16. The fraction of sp³-hybridized carbons (Fsp3) is 0.161. The lowest BCUT2D eigenvalue weighted by Crippen LogP contribution is -2.38. The summed E-state index contributed by atoms with van der Waals surface area (Å²) in [6.07, 6.45) is 1.95. The SMILES string of the molecule is COc1ccc(OC)c(NC(=O)N2Cc3c(C)nn(-c4ccccc4)c3-n3cccc3[C@H]2c2cccc(F)c2)c1. The van der Waals surface area contributed by atoms with Crippen molar-refractivity contribution in [3.05, 3.63) is 119 Å². The van der Waals surface area contributed by atoms with Gasteiger partial charge < -0.3 is 24.3 Å². The average molecular weight is 538 g/mol. The first-order chi connectivity index (χ1) is 19.5. The molecule has 2 amide bonds. The predicted octanol–water partition coefficient (Wildman–Crippen LogP) is 6.26. The number of methoxy groups -OCH3 is 2. The van der Waals surface area contributed by atoms with Crippen molar-refractivity contribution < 1.29 is 18.7 Å². The maximum Gasteiger partial charge on any atom is 0.323 e. The number of para-hydroxylation sites is 1. The maximum absolute atomic E-state index is 14.6. The van der Waals surface area contributed by atoms with Gasteiger partial charge in [-0.3, -0.25) is 0 Å². The summed E-state index contributed by atoms with van der Waals surface area (Å²) in [6.45, 7) is 2.17. The third-order valence-corrected chi connectivity index (χ3v) is 7.16. The molecule has 0 unspecified atom stereocenters. The van der Waals surface area contributed by atoms with Crippen molar-refractivity contribution in [3.8, 4) is 23.0 Å². The minimum Gasteiger partial charge on any atom is -0.497 e. The standard InChI is InChI=1S/C31H28FN5O3/c1-20-25-19-36(31(38)33-26-18-24(39-2)14-15-28(26)40-3)29(21-9-7-10-22(32)17-21)27-13-8-16-35(27)30(25)37(34-20)23-11-5-4-6-12-23/h4-18,29H,19H2,1-3H3,(H,33,38)/t29-/m1/s1. The maximum atomic E-state index is 14.6. The van der Waals surface area contributed by atoms with E-state index in [0.29, 0.717) is 22.7 Å². The molecule has 1 aliphatic heterocycles. The molecule has 5 aromatic rings. The van der Waals surface area contributed by atoms with E-state index in [-0.39, 0.29) is 18.4 Å². The number of nitrogens with one attached hydrogen (secondary N) is 1. The Morgan fingerprint density at radius 1 is 0.975 bits per heavy atom. The lowest BCUT2D eigenvalue weighted by atomic mass is 10.0. The van der Waals surface area contributed by atoms with E-state index in [2.05, 4.69) is 5.32 Å². The van der Waals surface area contributed by atoms with Crippen LogP contribution in [0.3, 0.4) is 0 Å². The monoisotopic (exact) mass is 537 g/mol. The first kappa shape index (κ1) is 25.2. The van der Waals surface area contributed by atoms with Gasteiger partial charge in [-0.15, -0.1) is 0 Å². The molecule has 0 saturated heterocycles. The summed E-state index contributed by atoms with van der Waals surface area (Å²) in [5, 5.41) is 7.87. The minimum atomic E-state index is -0.599. The molecular weight excluding hydrogens is 509 g/mol. The van der Waals surface area contributed by atoms with Gasteiger partial charge in [0.1, 0.15) is 23.1 Å². The highest BCUT2D eigenvalue weighted by Gasteiger charge is 2.36. The van der Waals surface area contributed by atoms with Crippen molar-refractivity contribution in [2.45, 2.75) is 19.5 Å². The van der Waals surface area contributed by atoms with Gasteiger partial charge in [-0.25, -0.2) is 13.9 Å². The van der Waals surface area contributed by atoms with Crippen molar-refractivity contribution >= 4 is 11.7 Å². The lowest BCUT2D eigenvalue weighted by Gasteiger charge is -2.31. The highest BCUT2D eigenvalue weighted by molar-refractivity contribution is 5.92. The number of benzene rings is 3. The number of nitrogens with zero attached hydrogens (tertiary/aromatic N) is 4. The van der Waals surface area contributed by atoms with Crippen LogP contribution in [0.15, 0.2) is 91.1 Å². The number of carbonyl (C=O) groups excluding carboxylic acids is 1. The first-order valence-corrected chi connectivity index (χ1v) is 12.8. The van der Waals surface area contributed by atoms with Gasteiger partial charge >= 0.3 is 6.03 Å². The Morgan fingerprint density at radius 3 is 2.55 bits per heavy atom. The molecule has 0 bridgehead atoms. The fourth-order valence-corrected chi connectivity index (χ4v) is 5.28. The molecule has 1 N–H and O–H groups in total. The van der Waals surface area contributed by atoms with E-state index in [4.69, 9.17) is 14.6 Å². The van der Waals surface area contributed by atoms with E-state index in [1.807, 2.05) is 70.9 Å². The number of urea groups is 1. The van der Waals surface area contributed by atoms with Crippen molar-refractivity contribution in [1.82, 2.24) is 19.2 Å². The van der Waals surface area contributed by atoms with Crippen LogP contribution in [-0.4, -0.2) is 39.5 Å². The molecule has 202 valence electrons. The van der Waals surface area contributed by atoms with Crippen LogP contribution in [-0.2, 0) is 6.54 Å². The summed E-state index contributed by atoms with van der Waals surface area (Å²) in [7, 11) is 3.10. The second-order valence-electron chi connectivity index (χ2n) is 9.52. The van der Waals surface area contributed by atoms with Crippen LogP contribution in [0.4, 0.5) is 14.9 Å². The van der Waals surface area contributed by atoms with Gasteiger partial charge in [-0.2, -0.15) is 5.10 Å². The topological polar surface area (TPSA) is 73.6 Å². The van der Waals surface area contributed by atoms with E-state index in [9.17, 15) is 9.18 Å². The third kappa shape index (κ3) is 4.35. The van der Waals surface area contributed by atoms with Crippen LogP contribution in [0, 0.1) is 12.7 Å². The van der Waals surface area contributed by atoms with E-state index < -0.39 is 6.04 Å². The minimum absolute atomic E-state index is 0.231. The summed E-state index contributed by atoms with van der Waals surface area (Å²) in [4.78, 5) is 15.9. The Hall–Kier alpha value is -5.05. The number of rotatable bonds is 5. The van der Waals surface area contributed by atoms with Crippen LogP contribution < -0.4 is 14.8 Å². The van der Waals surface area contributed by atoms with Gasteiger partial charge in [0.2, 0.25) is 0 Å². The summed E-state index contributed by atoms with van der Waals surface area (Å²) < 4.78 is 29.4. The molecule has 40 heavy (non-hydrogen) atoms. The predicted molar refractivity (Wildman–Crippen MR) is 150 cm³/mol. The summed E-state index contributed by atoms with van der Waals surface area (Å²) in [6, 6.07) is 24.3. The highest BCUT2D eigenvalue weighted by Crippen LogP contribution is 2.39. The fourth-order valence-electron chi connectivity index (χ4n) is 5.28. The van der Waals surface area contributed by atoms with Crippen LogP contribution in [0.2, 0.25) is 0 Å². The summed E-state index contributed by atoms with van der Waals surface area (Å²) in [5.41, 5.74) is 4.47. The van der Waals surface area contributed by atoms with Crippen molar-refractivity contribution in [2.75, 3.05) is 19.5 Å². The molecule has 0 fully saturated rings. The van der Waals surface area contributed by atoms with Crippen LogP contribution in [0.25, 0.3) is 11.5 Å². The molecular formula is C31H28FN5O3. The van der Waals surface area contributed by atoms with E-state index >= 15 is 0 Å². The molecule has 6 rings (SSSR count). The Kier molecular flexibility index (Phi) is 6.47. The molecule has 0 saturated carbocycles. The van der Waals surface area contributed by atoms with Crippen LogP contribution >= 0.6 is 0 Å². The molecule has 0 radical (unpaired) electrons. The average Bonchev–Trinajstić information content (AvgIpc) is 3.53. The molecule has 1 aliphatic rings. The van der Waals surface area contributed by atoms with Crippen molar-refractivity contribution in [3.63, 3.8) is 0 Å². The molecule has 3 aromatic carbocycles. The second-order valence-corrected chi connectivity index (χ2v) is 9.52. The summed E-state index contributed by atoms with van der Waals surface area (Å²) >= 11 is 0. The number of anilines is 1. The number of amides is 2. The van der Waals surface area contributed by atoms with E-state index in [1.165, 1.54) is 12.1 Å². The number of aryl methyl sites for hydroxylation is 1. The van der Waals surface area contributed by atoms with E-state index in [0.717, 1.165) is 28.5 Å².